The third-order valence-electron chi connectivity index (χ3n) is 3.67. The van der Waals surface area contributed by atoms with Gasteiger partial charge in [-0.1, -0.05) is 18.0 Å². The van der Waals surface area contributed by atoms with Crippen molar-refractivity contribution >= 4 is 21.6 Å². The molecule has 1 N–H and O–H groups in total. The van der Waals surface area contributed by atoms with E-state index in [2.05, 4.69) is 0 Å². The molecular formula is C14H17ClN2O3S. The number of hydrogen-bond acceptors (Lipinski definition) is 4. The van der Waals surface area contributed by atoms with Gasteiger partial charge in [-0.15, -0.1) is 0 Å². The van der Waals surface area contributed by atoms with E-state index in [4.69, 9.17) is 22.0 Å². The van der Waals surface area contributed by atoms with Gasteiger partial charge in [0.15, 0.2) is 0 Å². The van der Waals surface area contributed by atoms with Gasteiger partial charge >= 0.3 is 0 Å². The van der Waals surface area contributed by atoms with Crippen molar-refractivity contribution in [1.29, 1.82) is 5.26 Å². The van der Waals surface area contributed by atoms with Crippen LogP contribution in [-0.2, 0) is 10.0 Å². The monoisotopic (exact) mass is 328 g/mol. The van der Waals surface area contributed by atoms with Crippen LogP contribution >= 0.6 is 11.6 Å². The summed E-state index contributed by atoms with van der Waals surface area (Å²) >= 11 is 6.03. The summed E-state index contributed by atoms with van der Waals surface area (Å²) in [6.07, 6.45) is 3.07. The number of nitriles is 1. The minimum Gasteiger partial charge on any atom is -0.396 e. The van der Waals surface area contributed by atoms with Crippen molar-refractivity contribution in [2.75, 3.05) is 13.2 Å². The Labute approximate surface area is 129 Å². The highest BCUT2D eigenvalue weighted by atomic mass is 35.5. The van der Waals surface area contributed by atoms with Crippen LogP contribution in [0, 0.1) is 11.3 Å². The summed E-state index contributed by atoms with van der Waals surface area (Å²) in [5.41, 5.74) is 0.324. The number of aliphatic hydroxyl groups excluding tert-OH is 1. The van der Waals surface area contributed by atoms with Crippen molar-refractivity contribution in [2.24, 2.45) is 0 Å². The average Bonchev–Trinajstić information content (AvgIpc) is 2.40. The van der Waals surface area contributed by atoms with Crippen LogP contribution in [0.5, 0.6) is 0 Å². The number of aliphatic hydroxyl groups is 1. The van der Waals surface area contributed by atoms with Gasteiger partial charge in [-0.25, -0.2) is 8.42 Å². The zero-order valence-electron chi connectivity index (χ0n) is 11.5. The van der Waals surface area contributed by atoms with Crippen LogP contribution in [0.2, 0.25) is 5.02 Å². The topological polar surface area (TPSA) is 81.4 Å². The quantitative estimate of drug-likeness (QED) is 0.867. The first-order valence-electron chi connectivity index (χ1n) is 6.83. The highest BCUT2D eigenvalue weighted by Crippen LogP contribution is 2.32. The molecule has 114 valence electrons. The molecule has 0 radical (unpaired) electrons. The van der Waals surface area contributed by atoms with E-state index in [1.807, 2.05) is 6.07 Å². The van der Waals surface area contributed by atoms with Gasteiger partial charge in [-0.3, -0.25) is 0 Å². The van der Waals surface area contributed by atoms with Crippen LogP contribution in [-0.4, -0.2) is 37.0 Å². The van der Waals surface area contributed by atoms with Crippen LogP contribution in [0.15, 0.2) is 23.1 Å². The van der Waals surface area contributed by atoms with Gasteiger partial charge in [0.25, 0.3) is 0 Å². The van der Waals surface area contributed by atoms with E-state index in [0.29, 0.717) is 12.0 Å². The van der Waals surface area contributed by atoms with Crippen molar-refractivity contribution in [3.8, 4) is 6.07 Å². The summed E-state index contributed by atoms with van der Waals surface area (Å²) in [7, 11) is -3.71. The normalized spacial score (nSPS) is 15.7. The van der Waals surface area contributed by atoms with Crippen molar-refractivity contribution in [2.45, 2.75) is 36.6 Å². The number of benzene rings is 1. The molecule has 1 saturated carbocycles. The first kappa shape index (κ1) is 16.2. The van der Waals surface area contributed by atoms with Gasteiger partial charge < -0.3 is 5.11 Å². The van der Waals surface area contributed by atoms with Gasteiger partial charge in [-0.05, 0) is 37.5 Å². The van der Waals surface area contributed by atoms with Crippen molar-refractivity contribution in [3.05, 3.63) is 28.8 Å². The maximum Gasteiger partial charge on any atom is 0.244 e. The zero-order chi connectivity index (χ0) is 15.5. The van der Waals surface area contributed by atoms with Crippen LogP contribution in [0.25, 0.3) is 0 Å². The Morgan fingerprint density at radius 3 is 2.62 bits per heavy atom. The minimum atomic E-state index is -3.71. The summed E-state index contributed by atoms with van der Waals surface area (Å²) in [4.78, 5) is 0.0213. The molecule has 0 aliphatic heterocycles. The molecule has 1 aromatic carbocycles. The molecule has 2 rings (SSSR count). The largest absolute Gasteiger partial charge is 0.396 e. The smallest absolute Gasteiger partial charge is 0.244 e. The second kappa shape index (κ2) is 6.75. The number of hydrogen-bond donors (Lipinski definition) is 1. The highest BCUT2D eigenvalue weighted by molar-refractivity contribution is 7.89. The van der Waals surface area contributed by atoms with E-state index in [9.17, 15) is 8.42 Å². The van der Waals surface area contributed by atoms with Crippen molar-refractivity contribution in [3.63, 3.8) is 0 Å². The highest BCUT2D eigenvalue weighted by Gasteiger charge is 2.35. The molecule has 1 fully saturated rings. The SMILES string of the molecule is N#Cc1ccc(S(=O)(=O)N(CCCO)C2CCC2)c(Cl)c1. The number of nitrogens with zero attached hydrogens (tertiary/aromatic N) is 2. The molecule has 1 aromatic rings. The van der Waals surface area contributed by atoms with Crippen LogP contribution in [0.1, 0.15) is 31.2 Å². The molecule has 1 aliphatic carbocycles. The Bertz CT molecular complexity index is 651. The Morgan fingerprint density at radius 1 is 1.43 bits per heavy atom. The average molecular weight is 329 g/mol. The second-order valence-corrected chi connectivity index (χ2v) is 7.30. The fraction of sp³-hybridized carbons (Fsp3) is 0.500. The van der Waals surface area contributed by atoms with E-state index in [-0.39, 0.29) is 29.1 Å². The maximum atomic E-state index is 12.8. The van der Waals surface area contributed by atoms with Gasteiger partial charge in [0, 0.05) is 19.2 Å². The molecule has 21 heavy (non-hydrogen) atoms. The summed E-state index contributed by atoms with van der Waals surface area (Å²) in [6, 6.07) is 6.09. The van der Waals surface area contributed by atoms with E-state index in [1.165, 1.54) is 22.5 Å². The molecule has 0 bridgehead atoms. The van der Waals surface area contributed by atoms with Crippen LogP contribution < -0.4 is 0 Å². The van der Waals surface area contributed by atoms with E-state index < -0.39 is 10.0 Å². The molecule has 0 heterocycles. The lowest BCUT2D eigenvalue weighted by Gasteiger charge is -2.36. The van der Waals surface area contributed by atoms with Gasteiger partial charge in [-0.2, -0.15) is 9.57 Å². The fourth-order valence-corrected chi connectivity index (χ4v) is 4.55. The molecule has 0 unspecified atom stereocenters. The van der Waals surface area contributed by atoms with Gasteiger partial charge in [0.2, 0.25) is 10.0 Å². The van der Waals surface area contributed by atoms with Crippen molar-refractivity contribution < 1.29 is 13.5 Å². The molecular weight excluding hydrogens is 312 g/mol. The van der Waals surface area contributed by atoms with Gasteiger partial charge in [0.05, 0.1) is 16.7 Å². The van der Waals surface area contributed by atoms with Crippen molar-refractivity contribution in [1.82, 2.24) is 4.31 Å². The first-order valence-corrected chi connectivity index (χ1v) is 8.65. The molecule has 7 heteroatoms. The lowest BCUT2D eigenvalue weighted by molar-refractivity contribution is 0.198. The van der Waals surface area contributed by atoms with E-state index in [0.717, 1.165) is 19.3 Å². The lowest BCUT2D eigenvalue weighted by Crippen LogP contribution is -2.44. The molecule has 1 aliphatic rings. The Balaban J connectivity index is 2.35. The number of sulfonamides is 1. The number of halogens is 1. The zero-order valence-corrected chi connectivity index (χ0v) is 13.1. The van der Waals surface area contributed by atoms with Crippen LogP contribution in [0.3, 0.4) is 0 Å². The minimum absolute atomic E-state index is 0.0201. The third-order valence-corrected chi connectivity index (χ3v) is 6.10. The fourth-order valence-electron chi connectivity index (χ4n) is 2.31. The molecule has 0 saturated heterocycles. The Kier molecular flexibility index (Phi) is 5.22. The van der Waals surface area contributed by atoms with E-state index in [1.54, 1.807) is 0 Å². The predicted octanol–water partition coefficient (Wildman–Crippen LogP) is 2.14. The number of rotatable bonds is 6. The lowest BCUT2D eigenvalue weighted by atomic mass is 9.93. The molecule has 0 spiro atoms. The maximum absolute atomic E-state index is 12.8. The third kappa shape index (κ3) is 3.38. The first-order chi connectivity index (χ1) is 10.0. The summed E-state index contributed by atoms with van der Waals surface area (Å²) in [5, 5.41) is 17.8. The Hall–Kier alpha value is -1.13. The summed E-state index contributed by atoms with van der Waals surface area (Å²) in [6.45, 7) is 0.222. The molecule has 0 amide bonds. The summed E-state index contributed by atoms with van der Waals surface area (Å²) in [5.74, 6) is 0. The van der Waals surface area contributed by atoms with Gasteiger partial charge in [0.1, 0.15) is 4.90 Å². The standard InChI is InChI=1S/C14H17ClN2O3S/c15-13-9-11(10-16)5-6-14(13)21(19,20)17(7-2-8-18)12-3-1-4-12/h5-6,9,12,18H,1-4,7-8H2. The molecule has 0 atom stereocenters. The molecule has 0 aromatic heterocycles. The van der Waals surface area contributed by atoms with Crippen LogP contribution in [0.4, 0.5) is 0 Å². The van der Waals surface area contributed by atoms with E-state index >= 15 is 0 Å². The molecule has 5 nitrogen and oxygen atoms in total. The predicted molar refractivity (Wildman–Crippen MR) is 79.4 cm³/mol. The second-order valence-electron chi connectivity index (χ2n) is 5.03. The summed E-state index contributed by atoms with van der Waals surface area (Å²) < 4.78 is 27.0. The Morgan fingerprint density at radius 2 is 2.14 bits per heavy atom.